The van der Waals surface area contributed by atoms with Gasteiger partial charge < -0.3 is 15.4 Å². The average Bonchev–Trinajstić information content (AvgIpc) is 2.11. The second-order valence-electron chi connectivity index (χ2n) is 3.42. The number of carbonyl (C=O) groups is 2. The summed E-state index contributed by atoms with van der Waals surface area (Å²) in [6, 6.07) is -0.658. The monoisotopic (exact) mass is 202 g/mol. The Morgan fingerprint density at radius 2 is 1.86 bits per heavy atom. The summed E-state index contributed by atoms with van der Waals surface area (Å²) in [5.41, 5.74) is 5.45. The molecule has 0 aliphatic rings. The van der Waals surface area contributed by atoms with Crippen molar-refractivity contribution >= 4 is 11.9 Å². The van der Waals surface area contributed by atoms with Crippen molar-refractivity contribution in [3.8, 4) is 0 Å². The first-order valence-corrected chi connectivity index (χ1v) is 4.53. The zero-order chi connectivity index (χ0) is 11.3. The topological polar surface area (TPSA) is 72.6 Å². The molecular weight excluding hydrogens is 184 g/mol. The summed E-state index contributed by atoms with van der Waals surface area (Å²) in [6.07, 6.45) is 0. The van der Waals surface area contributed by atoms with E-state index in [1.807, 2.05) is 13.8 Å². The van der Waals surface area contributed by atoms with Crippen LogP contribution in [0.15, 0.2) is 0 Å². The molecule has 0 aromatic heterocycles. The molecule has 0 heterocycles. The molecule has 0 aliphatic heterocycles. The third kappa shape index (κ3) is 3.74. The average molecular weight is 202 g/mol. The minimum absolute atomic E-state index is 0.0471. The van der Waals surface area contributed by atoms with Crippen molar-refractivity contribution in [3.05, 3.63) is 0 Å². The molecule has 5 heteroatoms. The smallest absolute Gasteiger partial charge is 0.325 e. The van der Waals surface area contributed by atoms with Crippen LogP contribution < -0.4 is 5.73 Å². The highest BCUT2D eigenvalue weighted by atomic mass is 16.5. The number of esters is 1. The van der Waals surface area contributed by atoms with Gasteiger partial charge in [0.1, 0.15) is 6.54 Å². The van der Waals surface area contributed by atoms with Crippen molar-refractivity contribution in [2.45, 2.75) is 32.9 Å². The number of ether oxygens (including phenoxy) is 1. The summed E-state index contributed by atoms with van der Waals surface area (Å²) in [4.78, 5) is 23.9. The molecule has 5 nitrogen and oxygen atoms in total. The van der Waals surface area contributed by atoms with Crippen LogP contribution in [0.4, 0.5) is 0 Å². The van der Waals surface area contributed by atoms with Gasteiger partial charge in [-0.15, -0.1) is 0 Å². The van der Waals surface area contributed by atoms with Crippen LogP contribution in [0, 0.1) is 0 Å². The molecule has 0 fully saturated rings. The minimum Gasteiger partial charge on any atom is -0.468 e. The van der Waals surface area contributed by atoms with E-state index >= 15 is 0 Å². The molecule has 82 valence electrons. The summed E-state index contributed by atoms with van der Waals surface area (Å²) >= 11 is 0. The fourth-order valence-corrected chi connectivity index (χ4v) is 0.980. The number of nitrogens with zero attached hydrogens (tertiary/aromatic N) is 1. The van der Waals surface area contributed by atoms with Gasteiger partial charge in [-0.1, -0.05) is 0 Å². The maximum Gasteiger partial charge on any atom is 0.325 e. The molecule has 0 radical (unpaired) electrons. The van der Waals surface area contributed by atoms with Crippen molar-refractivity contribution < 1.29 is 14.3 Å². The van der Waals surface area contributed by atoms with Crippen molar-refractivity contribution in [2.75, 3.05) is 13.7 Å². The molecule has 0 bridgehead atoms. The van der Waals surface area contributed by atoms with Crippen LogP contribution in [0.2, 0.25) is 0 Å². The molecule has 1 amide bonds. The normalized spacial score (nSPS) is 12.4. The third-order valence-electron chi connectivity index (χ3n) is 1.82. The number of amides is 1. The van der Waals surface area contributed by atoms with Crippen LogP contribution in [-0.2, 0) is 14.3 Å². The maximum atomic E-state index is 11.5. The van der Waals surface area contributed by atoms with Gasteiger partial charge in [0.05, 0.1) is 13.2 Å². The van der Waals surface area contributed by atoms with Gasteiger partial charge in [-0.3, -0.25) is 9.59 Å². The molecule has 0 aromatic carbocycles. The SMILES string of the molecule is COC(=O)CN(C(=O)[C@@H](C)N)C(C)C. The molecule has 0 rings (SSSR count). The highest BCUT2D eigenvalue weighted by molar-refractivity contribution is 5.85. The number of methoxy groups -OCH3 is 1. The highest BCUT2D eigenvalue weighted by Crippen LogP contribution is 2.01. The van der Waals surface area contributed by atoms with Crippen molar-refractivity contribution in [2.24, 2.45) is 5.73 Å². The predicted molar refractivity (Wildman–Crippen MR) is 52.5 cm³/mol. The van der Waals surface area contributed by atoms with Crippen molar-refractivity contribution in [3.63, 3.8) is 0 Å². The van der Waals surface area contributed by atoms with Gasteiger partial charge in [-0.25, -0.2) is 0 Å². The lowest BCUT2D eigenvalue weighted by Crippen LogP contribution is -2.48. The third-order valence-corrected chi connectivity index (χ3v) is 1.82. The predicted octanol–water partition coefficient (Wildman–Crippen LogP) is -0.256. The molecule has 1 atom stereocenters. The number of nitrogens with two attached hydrogens (primary N) is 1. The standard InChI is InChI=1S/C9H18N2O3/c1-6(2)11(5-8(12)14-4)9(13)7(3)10/h6-7H,5,10H2,1-4H3/t7-/m1/s1. The first kappa shape index (κ1) is 12.9. The molecule has 0 saturated carbocycles. The Labute approximate surface area is 84.2 Å². The van der Waals surface area contributed by atoms with E-state index in [4.69, 9.17) is 5.73 Å². The van der Waals surface area contributed by atoms with E-state index in [1.165, 1.54) is 12.0 Å². The van der Waals surface area contributed by atoms with Gasteiger partial charge in [0.2, 0.25) is 5.91 Å². The summed E-state index contributed by atoms with van der Waals surface area (Å²) < 4.78 is 4.49. The molecule has 0 aromatic rings. The maximum absolute atomic E-state index is 11.5. The molecule has 0 unspecified atom stereocenters. The van der Waals surface area contributed by atoms with Crippen molar-refractivity contribution in [1.29, 1.82) is 0 Å². The highest BCUT2D eigenvalue weighted by Gasteiger charge is 2.22. The summed E-state index contributed by atoms with van der Waals surface area (Å²) in [5.74, 6) is -0.682. The fraction of sp³-hybridized carbons (Fsp3) is 0.778. The lowest BCUT2D eigenvalue weighted by atomic mass is 10.2. The summed E-state index contributed by atoms with van der Waals surface area (Å²) in [7, 11) is 1.29. The summed E-state index contributed by atoms with van der Waals surface area (Å²) in [5, 5.41) is 0. The largest absolute Gasteiger partial charge is 0.468 e. The first-order valence-electron chi connectivity index (χ1n) is 4.53. The zero-order valence-electron chi connectivity index (χ0n) is 9.11. The number of hydrogen-bond acceptors (Lipinski definition) is 4. The summed E-state index contributed by atoms with van der Waals surface area (Å²) in [6.45, 7) is 5.19. The van der Waals surface area contributed by atoms with E-state index in [9.17, 15) is 9.59 Å². The van der Waals surface area contributed by atoms with Crippen molar-refractivity contribution in [1.82, 2.24) is 4.90 Å². The second-order valence-corrected chi connectivity index (χ2v) is 3.42. The quantitative estimate of drug-likeness (QED) is 0.638. The molecule has 0 aliphatic carbocycles. The molecule has 0 saturated heterocycles. The van der Waals surface area contributed by atoms with Gasteiger partial charge in [-0.2, -0.15) is 0 Å². The van der Waals surface area contributed by atoms with Crippen LogP contribution in [0.5, 0.6) is 0 Å². The Morgan fingerprint density at radius 3 is 2.14 bits per heavy atom. The number of carbonyl (C=O) groups excluding carboxylic acids is 2. The Hall–Kier alpha value is -1.10. The van der Waals surface area contributed by atoms with Gasteiger partial charge >= 0.3 is 5.97 Å². The number of rotatable bonds is 4. The lowest BCUT2D eigenvalue weighted by molar-refractivity contribution is -0.148. The number of hydrogen-bond donors (Lipinski definition) is 1. The van der Waals surface area contributed by atoms with E-state index in [2.05, 4.69) is 4.74 Å². The Kier molecular flexibility index (Phi) is 5.15. The van der Waals surface area contributed by atoms with Gasteiger partial charge in [0.15, 0.2) is 0 Å². The van der Waals surface area contributed by atoms with Crippen LogP contribution in [0.3, 0.4) is 0 Å². The Morgan fingerprint density at radius 1 is 1.36 bits per heavy atom. The zero-order valence-corrected chi connectivity index (χ0v) is 9.11. The Balaban J connectivity index is 4.45. The van der Waals surface area contributed by atoms with Crippen LogP contribution in [0.1, 0.15) is 20.8 Å². The van der Waals surface area contributed by atoms with Gasteiger partial charge in [0, 0.05) is 6.04 Å². The molecule has 14 heavy (non-hydrogen) atoms. The van der Waals surface area contributed by atoms with E-state index in [0.29, 0.717) is 0 Å². The van der Waals surface area contributed by atoms with E-state index in [0.717, 1.165) is 0 Å². The first-order chi connectivity index (χ1) is 6.40. The van der Waals surface area contributed by atoms with Crippen LogP contribution >= 0.6 is 0 Å². The fourth-order valence-electron chi connectivity index (χ4n) is 0.980. The molecule has 2 N–H and O–H groups in total. The Bertz CT molecular complexity index is 214. The van der Waals surface area contributed by atoms with Crippen LogP contribution in [0.25, 0.3) is 0 Å². The van der Waals surface area contributed by atoms with E-state index in [1.54, 1.807) is 6.92 Å². The molecule has 0 spiro atoms. The van der Waals surface area contributed by atoms with E-state index in [-0.39, 0.29) is 18.5 Å². The van der Waals surface area contributed by atoms with Gasteiger partial charge in [-0.05, 0) is 20.8 Å². The lowest BCUT2D eigenvalue weighted by Gasteiger charge is -2.26. The second kappa shape index (κ2) is 5.59. The minimum atomic E-state index is -0.595. The van der Waals surface area contributed by atoms with E-state index < -0.39 is 12.0 Å². The van der Waals surface area contributed by atoms with Crippen LogP contribution in [-0.4, -0.2) is 42.5 Å². The van der Waals surface area contributed by atoms with Gasteiger partial charge in [0.25, 0.3) is 0 Å². The molecular formula is C9H18N2O3.